The van der Waals surface area contributed by atoms with Gasteiger partial charge in [0.25, 0.3) is 0 Å². The van der Waals surface area contributed by atoms with Gasteiger partial charge in [-0.15, -0.1) is 0 Å². The van der Waals surface area contributed by atoms with Crippen LogP contribution in [0.2, 0.25) is 0 Å². The molecule has 170 valence electrons. The van der Waals surface area contributed by atoms with Crippen molar-refractivity contribution >= 4 is 29.7 Å². The van der Waals surface area contributed by atoms with E-state index in [9.17, 15) is 29.4 Å². The molecular weight excluding hydrogens is 398 g/mol. The lowest BCUT2D eigenvalue weighted by Gasteiger charge is -2.22. The molecule has 0 radical (unpaired) electrons. The van der Waals surface area contributed by atoms with Crippen molar-refractivity contribution in [1.29, 1.82) is 0 Å². The van der Waals surface area contributed by atoms with E-state index in [4.69, 9.17) is 11.5 Å². The smallest absolute Gasteiger partial charge is 0.326 e. The normalized spacial score (nSPS) is 18.5. The van der Waals surface area contributed by atoms with Crippen LogP contribution in [-0.2, 0) is 19.2 Å². The highest BCUT2D eigenvalue weighted by Gasteiger charge is 2.29. The minimum atomic E-state index is -1.37. The van der Waals surface area contributed by atoms with Crippen molar-refractivity contribution in [2.75, 3.05) is 19.7 Å². The summed E-state index contributed by atoms with van der Waals surface area (Å²) < 4.78 is 0. The Balaban J connectivity index is 2.55. The van der Waals surface area contributed by atoms with Gasteiger partial charge in [0.2, 0.25) is 17.7 Å². The number of aliphatic hydroxyl groups is 1. The Morgan fingerprint density at radius 2 is 1.80 bits per heavy atom. The maximum Gasteiger partial charge on any atom is 0.326 e. The first-order chi connectivity index (χ1) is 14.1. The van der Waals surface area contributed by atoms with Gasteiger partial charge in [-0.3, -0.25) is 19.4 Å². The lowest BCUT2D eigenvalue weighted by atomic mass is 10.1. The second-order valence-electron chi connectivity index (χ2n) is 6.97. The molecule has 30 heavy (non-hydrogen) atoms. The maximum atomic E-state index is 12.3. The first kappa shape index (κ1) is 25.1. The van der Waals surface area contributed by atoms with Crippen molar-refractivity contribution in [3.8, 4) is 0 Å². The molecule has 10 N–H and O–H groups in total. The van der Waals surface area contributed by atoms with Gasteiger partial charge < -0.3 is 42.9 Å². The number of aliphatic carboxylic acids is 1. The van der Waals surface area contributed by atoms with Crippen molar-refractivity contribution in [3.63, 3.8) is 0 Å². The van der Waals surface area contributed by atoms with Gasteiger partial charge in [0, 0.05) is 6.54 Å². The molecule has 0 spiro atoms. The van der Waals surface area contributed by atoms with Crippen LogP contribution in [0.25, 0.3) is 0 Å². The van der Waals surface area contributed by atoms with Gasteiger partial charge in [-0.2, -0.15) is 0 Å². The lowest BCUT2D eigenvalue weighted by molar-refractivity contribution is -0.142. The van der Waals surface area contributed by atoms with Crippen LogP contribution in [0.3, 0.4) is 0 Å². The van der Waals surface area contributed by atoms with Crippen LogP contribution < -0.4 is 32.7 Å². The third-order valence-electron chi connectivity index (χ3n) is 4.50. The second kappa shape index (κ2) is 12.6. The summed E-state index contributed by atoms with van der Waals surface area (Å²) >= 11 is 0. The summed E-state index contributed by atoms with van der Waals surface area (Å²) in [6.45, 7) is 1.61. The standard InChI is InChI=1S/C17H31N7O6/c1-9(22-14(27)10-4-2-6-20-10)13(26)24-12(8-25)15(28)23-11(16(29)30)5-3-7-21-17(18)19/h9-12,20,25H,2-8H2,1H3,(H,22,27)(H,23,28)(H,24,26)(H,29,30)(H4,18,19,21). The largest absolute Gasteiger partial charge is 0.480 e. The number of carbonyl (C=O) groups is 4. The highest BCUT2D eigenvalue weighted by Crippen LogP contribution is 2.05. The fourth-order valence-electron chi connectivity index (χ4n) is 2.81. The molecule has 0 saturated carbocycles. The highest BCUT2D eigenvalue weighted by molar-refractivity contribution is 5.94. The Bertz CT molecular complexity index is 647. The molecule has 1 heterocycles. The summed E-state index contributed by atoms with van der Waals surface area (Å²) in [4.78, 5) is 51.7. The van der Waals surface area contributed by atoms with Crippen molar-refractivity contribution < 1.29 is 29.4 Å². The zero-order valence-electron chi connectivity index (χ0n) is 16.9. The Morgan fingerprint density at radius 3 is 2.33 bits per heavy atom. The molecule has 4 unspecified atom stereocenters. The molecule has 0 aromatic heterocycles. The van der Waals surface area contributed by atoms with E-state index in [2.05, 4.69) is 26.3 Å². The Labute approximate surface area is 174 Å². The molecule has 3 amide bonds. The molecular formula is C17H31N7O6. The van der Waals surface area contributed by atoms with Crippen LogP contribution >= 0.6 is 0 Å². The van der Waals surface area contributed by atoms with E-state index < -0.39 is 42.5 Å². The van der Waals surface area contributed by atoms with Crippen molar-refractivity contribution in [1.82, 2.24) is 21.3 Å². The number of nitrogens with two attached hydrogens (primary N) is 2. The highest BCUT2D eigenvalue weighted by atomic mass is 16.4. The number of carboxylic acid groups (broad SMARTS) is 1. The first-order valence-corrected chi connectivity index (χ1v) is 9.69. The number of carboxylic acids is 1. The number of hydrogen-bond donors (Lipinski definition) is 8. The van der Waals surface area contributed by atoms with Crippen LogP contribution in [0.1, 0.15) is 32.6 Å². The molecule has 1 saturated heterocycles. The number of nitrogens with one attached hydrogen (secondary N) is 4. The molecule has 1 aliphatic heterocycles. The zero-order chi connectivity index (χ0) is 22.7. The van der Waals surface area contributed by atoms with Gasteiger partial charge in [-0.05, 0) is 39.2 Å². The van der Waals surface area contributed by atoms with E-state index in [-0.39, 0.29) is 30.9 Å². The van der Waals surface area contributed by atoms with E-state index in [1.54, 1.807) is 0 Å². The van der Waals surface area contributed by atoms with Crippen LogP contribution in [0, 0.1) is 0 Å². The second-order valence-corrected chi connectivity index (χ2v) is 6.97. The summed E-state index contributed by atoms with van der Waals surface area (Å²) in [5.74, 6) is -3.28. The molecule has 0 aromatic carbocycles. The Kier molecular flexibility index (Phi) is 10.5. The predicted octanol–water partition coefficient (Wildman–Crippen LogP) is -3.66. The van der Waals surface area contributed by atoms with Crippen molar-refractivity contribution in [3.05, 3.63) is 0 Å². The fourth-order valence-corrected chi connectivity index (χ4v) is 2.81. The van der Waals surface area contributed by atoms with Gasteiger partial charge in [-0.25, -0.2) is 4.79 Å². The summed E-state index contributed by atoms with van der Waals surface area (Å²) in [6.07, 6.45) is 1.87. The van der Waals surface area contributed by atoms with E-state index in [1.165, 1.54) is 6.92 Å². The topological polar surface area (TPSA) is 221 Å². The minimum absolute atomic E-state index is 0.0464. The first-order valence-electron chi connectivity index (χ1n) is 9.69. The van der Waals surface area contributed by atoms with E-state index in [0.717, 1.165) is 13.0 Å². The average Bonchev–Trinajstić information content (AvgIpc) is 3.22. The van der Waals surface area contributed by atoms with Gasteiger partial charge in [-0.1, -0.05) is 0 Å². The number of aliphatic hydroxyl groups excluding tert-OH is 1. The SMILES string of the molecule is CC(NC(=O)C1CCCN1)C(=O)NC(CO)C(=O)NC(CCCN=C(N)N)C(=O)O. The molecule has 13 nitrogen and oxygen atoms in total. The molecule has 13 heteroatoms. The van der Waals surface area contributed by atoms with Crippen molar-refractivity contribution in [2.24, 2.45) is 16.5 Å². The van der Waals surface area contributed by atoms with Gasteiger partial charge in [0.15, 0.2) is 5.96 Å². The van der Waals surface area contributed by atoms with Gasteiger partial charge >= 0.3 is 5.97 Å². The quantitative estimate of drug-likeness (QED) is 0.0868. The molecule has 0 aromatic rings. The third kappa shape index (κ3) is 8.61. The van der Waals surface area contributed by atoms with Crippen LogP contribution in [0.15, 0.2) is 4.99 Å². The minimum Gasteiger partial charge on any atom is -0.480 e. The zero-order valence-corrected chi connectivity index (χ0v) is 16.9. The van der Waals surface area contributed by atoms with Crippen LogP contribution in [-0.4, -0.2) is 83.7 Å². The number of nitrogens with zero attached hydrogens (tertiary/aromatic N) is 1. The van der Waals surface area contributed by atoms with Crippen LogP contribution in [0.5, 0.6) is 0 Å². The summed E-state index contributed by atoms with van der Waals surface area (Å²) in [6, 6.07) is -3.94. The molecule has 0 bridgehead atoms. The number of amides is 3. The summed E-state index contributed by atoms with van der Waals surface area (Å²) in [7, 11) is 0. The number of rotatable bonds is 12. The number of hydrogen-bond acceptors (Lipinski definition) is 7. The Morgan fingerprint density at radius 1 is 1.13 bits per heavy atom. The number of carbonyl (C=O) groups excluding carboxylic acids is 3. The molecule has 4 atom stereocenters. The van der Waals surface area contributed by atoms with Crippen molar-refractivity contribution in [2.45, 2.75) is 56.8 Å². The van der Waals surface area contributed by atoms with E-state index in [1.807, 2.05) is 0 Å². The Hall–Kier alpha value is -2.93. The van der Waals surface area contributed by atoms with Gasteiger partial charge in [0.1, 0.15) is 18.1 Å². The summed E-state index contributed by atoms with van der Waals surface area (Å²) in [5, 5.41) is 28.8. The van der Waals surface area contributed by atoms with E-state index in [0.29, 0.717) is 12.8 Å². The predicted molar refractivity (Wildman–Crippen MR) is 107 cm³/mol. The molecule has 0 aliphatic carbocycles. The third-order valence-corrected chi connectivity index (χ3v) is 4.50. The summed E-state index contributed by atoms with van der Waals surface area (Å²) in [5.41, 5.74) is 10.4. The number of aliphatic imine (C=N–C) groups is 1. The molecule has 1 aliphatic rings. The maximum absolute atomic E-state index is 12.3. The lowest BCUT2D eigenvalue weighted by Crippen LogP contribution is -2.57. The van der Waals surface area contributed by atoms with Crippen LogP contribution in [0.4, 0.5) is 0 Å². The monoisotopic (exact) mass is 429 g/mol. The van der Waals surface area contributed by atoms with E-state index >= 15 is 0 Å². The molecule has 1 rings (SSSR count). The fraction of sp³-hybridized carbons (Fsp3) is 0.706. The molecule has 1 fully saturated rings. The average molecular weight is 429 g/mol. The number of guanidine groups is 1. The van der Waals surface area contributed by atoms with Gasteiger partial charge in [0.05, 0.1) is 12.6 Å².